The van der Waals surface area contributed by atoms with Crippen molar-refractivity contribution < 1.29 is 45.7 Å². The molecule has 0 aromatic heterocycles. The van der Waals surface area contributed by atoms with Crippen LogP contribution in [0.5, 0.6) is 23.0 Å². The number of benzene rings is 4. The Morgan fingerprint density at radius 2 is 0.829 bits per heavy atom. The Hall–Kier alpha value is -4.32. The quantitative estimate of drug-likeness (QED) is 0.0930. The van der Waals surface area contributed by atoms with Crippen molar-refractivity contribution in [1.29, 1.82) is 0 Å². The normalized spacial score (nSPS) is 9.80. The summed E-state index contributed by atoms with van der Waals surface area (Å²) >= 11 is 0. The molecule has 4 aromatic rings. The van der Waals surface area contributed by atoms with E-state index in [1.807, 2.05) is 60.7 Å². The second kappa shape index (κ2) is 17.4. The van der Waals surface area contributed by atoms with Crippen LogP contribution in [0.1, 0.15) is 60.2 Å². The van der Waals surface area contributed by atoms with Gasteiger partial charge in [-0.25, -0.2) is 0 Å². The molecule has 0 heterocycles. The Balaban J connectivity index is 0.000000280. The molecule has 0 saturated carbocycles. The van der Waals surface area contributed by atoms with Gasteiger partial charge in [0.1, 0.15) is 34.6 Å². The fourth-order valence-electron chi connectivity index (χ4n) is 3.53. The summed E-state index contributed by atoms with van der Waals surface area (Å²) in [6.45, 7) is 3.51. The number of ether oxygens (including phenoxy) is 2. The van der Waals surface area contributed by atoms with Gasteiger partial charge in [-0.3, -0.25) is 19.2 Å². The summed E-state index contributed by atoms with van der Waals surface area (Å²) in [7, 11) is 0. The standard InChI is InChI=1S/2C17H16O3.Cu/c2*1-2-14(18)12-17(19)13-7-6-10-16(11-13)20-15-8-4-3-5-9-15;/h2*3-11H,2,12H2,1H3;/q;;+2. The molecule has 0 spiro atoms. The Labute approximate surface area is 251 Å². The van der Waals surface area contributed by atoms with Crippen LogP contribution in [-0.2, 0) is 26.7 Å². The van der Waals surface area contributed by atoms with Crippen LogP contribution in [0.4, 0.5) is 0 Å². The first-order valence-electron chi connectivity index (χ1n) is 13.1. The molecular weight excluding hydrogens is 568 g/mol. The van der Waals surface area contributed by atoms with Gasteiger partial charge in [0, 0.05) is 24.0 Å². The van der Waals surface area contributed by atoms with E-state index < -0.39 is 0 Å². The predicted octanol–water partition coefficient (Wildman–Crippen LogP) is 8.06. The van der Waals surface area contributed by atoms with Gasteiger partial charge in [0.25, 0.3) is 0 Å². The number of hydrogen-bond acceptors (Lipinski definition) is 6. The van der Waals surface area contributed by atoms with Gasteiger partial charge in [0.2, 0.25) is 0 Å². The molecular formula is C34H32CuO6+2. The van der Waals surface area contributed by atoms with E-state index in [0.717, 1.165) is 0 Å². The van der Waals surface area contributed by atoms with Crippen molar-refractivity contribution in [2.45, 2.75) is 39.5 Å². The molecule has 0 aliphatic heterocycles. The van der Waals surface area contributed by atoms with E-state index >= 15 is 0 Å². The van der Waals surface area contributed by atoms with E-state index in [1.165, 1.54) is 0 Å². The molecule has 0 aliphatic carbocycles. The third-order valence-electron chi connectivity index (χ3n) is 5.77. The molecule has 41 heavy (non-hydrogen) atoms. The maximum absolute atomic E-state index is 11.9. The van der Waals surface area contributed by atoms with Gasteiger partial charge >= 0.3 is 17.1 Å². The Kier molecular flexibility index (Phi) is 13.9. The summed E-state index contributed by atoms with van der Waals surface area (Å²) in [5.41, 5.74) is 1.00. The van der Waals surface area contributed by atoms with Crippen molar-refractivity contribution >= 4 is 23.1 Å². The van der Waals surface area contributed by atoms with Gasteiger partial charge in [-0.2, -0.15) is 0 Å². The molecule has 4 rings (SSSR count). The van der Waals surface area contributed by atoms with Crippen LogP contribution in [0.3, 0.4) is 0 Å². The van der Waals surface area contributed by atoms with Crippen LogP contribution < -0.4 is 9.47 Å². The molecule has 0 saturated heterocycles. The predicted molar refractivity (Wildman–Crippen MR) is 154 cm³/mol. The SMILES string of the molecule is CCC(=O)CC(=O)c1cccc(Oc2ccccc2)c1.CCC(=O)CC(=O)c1cccc(Oc2ccccc2)c1.[Cu+2]. The summed E-state index contributed by atoms with van der Waals surface area (Å²) in [5, 5.41) is 0. The summed E-state index contributed by atoms with van der Waals surface area (Å²) in [4.78, 5) is 46.5. The van der Waals surface area contributed by atoms with Gasteiger partial charge in [-0.05, 0) is 48.5 Å². The largest absolute Gasteiger partial charge is 2.00 e. The molecule has 0 N–H and O–H groups in total. The topological polar surface area (TPSA) is 86.7 Å². The number of carbonyl (C=O) groups is 4. The zero-order valence-electron chi connectivity index (χ0n) is 23.0. The molecule has 7 heteroatoms. The van der Waals surface area contributed by atoms with Crippen LogP contribution in [-0.4, -0.2) is 23.1 Å². The van der Waals surface area contributed by atoms with Gasteiger partial charge < -0.3 is 9.47 Å². The van der Waals surface area contributed by atoms with Gasteiger partial charge in [-0.1, -0.05) is 74.5 Å². The van der Waals surface area contributed by atoms with E-state index in [4.69, 9.17) is 9.47 Å². The second-order valence-corrected chi connectivity index (χ2v) is 8.87. The number of Topliss-reactive ketones (excluding diaryl/α,β-unsaturated/α-hetero) is 4. The van der Waals surface area contributed by atoms with Crippen LogP contribution in [0.2, 0.25) is 0 Å². The smallest absolute Gasteiger partial charge is 0.457 e. The van der Waals surface area contributed by atoms with Crippen LogP contribution in [0.25, 0.3) is 0 Å². The first kappa shape index (κ1) is 32.9. The average Bonchev–Trinajstić information content (AvgIpc) is 2.98. The molecule has 0 bridgehead atoms. The van der Waals surface area contributed by atoms with E-state index in [-0.39, 0.29) is 53.0 Å². The maximum Gasteiger partial charge on any atom is 2.00 e. The van der Waals surface area contributed by atoms with Crippen molar-refractivity contribution in [3.05, 3.63) is 120 Å². The van der Waals surface area contributed by atoms with Crippen molar-refractivity contribution in [3.8, 4) is 23.0 Å². The first-order valence-corrected chi connectivity index (χ1v) is 13.1. The maximum atomic E-state index is 11.9. The summed E-state index contributed by atoms with van der Waals surface area (Å²) in [6, 6.07) is 32.5. The minimum absolute atomic E-state index is 0. The Morgan fingerprint density at radius 3 is 1.17 bits per heavy atom. The monoisotopic (exact) mass is 599 g/mol. The molecule has 0 unspecified atom stereocenters. The molecule has 0 atom stereocenters. The van der Waals surface area contributed by atoms with Crippen molar-refractivity contribution in [1.82, 2.24) is 0 Å². The number of hydrogen-bond donors (Lipinski definition) is 0. The van der Waals surface area contributed by atoms with Crippen molar-refractivity contribution in [2.75, 3.05) is 0 Å². The van der Waals surface area contributed by atoms with Gasteiger partial charge in [0.15, 0.2) is 11.6 Å². The number of carbonyl (C=O) groups excluding carboxylic acids is 4. The molecule has 213 valence electrons. The van der Waals surface area contributed by atoms with Crippen LogP contribution >= 0.6 is 0 Å². The van der Waals surface area contributed by atoms with Crippen LogP contribution in [0, 0.1) is 0 Å². The minimum Gasteiger partial charge on any atom is -0.457 e. The first-order chi connectivity index (χ1) is 19.4. The Morgan fingerprint density at radius 1 is 0.488 bits per heavy atom. The van der Waals surface area contributed by atoms with E-state index in [0.29, 0.717) is 47.0 Å². The molecule has 0 aliphatic rings. The Bertz CT molecular complexity index is 1320. The van der Waals surface area contributed by atoms with Crippen molar-refractivity contribution in [2.24, 2.45) is 0 Å². The van der Waals surface area contributed by atoms with Gasteiger partial charge in [-0.15, -0.1) is 0 Å². The molecule has 0 amide bonds. The third kappa shape index (κ3) is 11.4. The molecule has 4 aromatic carbocycles. The zero-order valence-corrected chi connectivity index (χ0v) is 23.9. The van der Waals surface area contributed by atoms with Crippen LogP contribution in [0.15, 0.2) is 109 Å². The molecule has 6 nitrogen and oxygen atoms in total. The number of para-hydroxylation sites is 2. The summed E-state index contributed by atoms with van der Waals surface area (Å²) in [6.07, 6.45) is 0.661. The van der Waals surface area contributed by atoms with E-state index in [1.54, 1.807) is 62.4 Å². The summed E-state index contributed by atoms with van der Waals surface area (Å²) in [5.74, 6) is 2.15. The second-order valence-electron chi connectivity index (χ2n) is 8.87. The average molecular weight is 600 g/mol. The number of rotatable bonds is 12. The van der Waals surface area contributed by atoms with Crippen molar-refractivity contribution in [3.63, 3.8) is 0 Å². The third-order valence-corrected chi connectivity index (χ3v) is 5.77. The minimum atomic E-state index is -0.171. The molecule has 1 radical (unpaired) electrons. The van der Waals surface area contributed by atoms with E-state index in [9.17, 15) is 19.2 Å². The number of ketones is 4. The zero-order chi connectivity index (χ0) is 28.7. The van der Waals surface area contributed by atoms with Gasteiger partial charge in [0.05, 0.1) is 12.8 Å². The fourth-order valence-corrected chi connectivity index (χ4v) is 3.53. The fraction of sp³-hybridized carbons (Fsp3) is 0.176. The summed E-state index contributed by atoms with van der Waals surface area (Å²) < 4.78 is 11.3. The molecule has 0 fully saturated rings. The van der Waals surface area contributed by atoms with E-state index in [2.05, 4.69) is 0 Å².